The molecule has 96 valence electrons. The standard InChI is InChI=1S/C10H19N3O.2ClH/c1-8(14)12-10-6-11-4-3-9(10)5-13(2)7-10;;/h9,11H,3-7H2,1-2H3,(H,12,14);2*1H/t9-,10?;;/m1../s1. The molecular weight excluding hydrogens is 249 g/mol. The van der Waals surface area contributed by atoms with E-state index in [0.29, 0.717) is 5.92 Å². The van der Waals surface area contributed by atoms with E-state index < -0.39 is 0 Å². The molecule has 0 aromatic carbocycles. The maximum atomic E-state index is 11.2. The Morgan fingerprint density at radius 1 is 1.50 bits per heavy atom. The number of hydrogen-bond donors (Lipinski definition) is 2. The van der Waals surface area contributed by atoms with Crippen molar-refractivity contribution in [2.75, 3.05) is 33.2 Å². The first-order valence-electron chi connectivity index (χ1n) is 5.30. The minimum absolute atomic E-state index is 0. The molecular formula is C10H21Cl2N3O. The summed E-state index contributed by atoms with van der Waals surface area (Å²) in [6, 6.07) is 0. The number of hydrogen-bond acceptors (Lipinski definition) is 3. The summed E-state index contributed by atoms with van der Waals surface area (Å²) >= 11 is 0. The maximum Gasteiger partial charge on any atom is 0.217 e. The molecule has 2 rings (SSSR count). The summed E-state index contributed by atoms with van der Waals surface area (Å²) < 4.78 is 0. The van der Waals surface area contributed by atoms with Gasteiger partial charge >= 0.3 is 0 Å². The number of likely N-dealkylation sites (tertiary alicyclic amines) is 1. The molecule has 2 aliphatic rings. The first kappa shape index (κ1) is 16.0. The van der Waals surface area contributed by atoms with Crippen LogP contribution >= 0.6 is 24.8 Å². The van der Waals surface area contributed by atoms with Gasteiger partial charge in [-0.1, -0.05) is 0 Å². The molecule has 2 fully saturated rings. The molecule has 0 aliphatic carbocycles. The van der Waals surface area contributed by atoms with Crippen LogP contribution in [0, 0.1) is 5.92 Å². The maximum absolute atomic E-state index is 11.2. The van der Waals surface area contributed by atoms with Crippen LogP contribution in [0.4, 0.5) is 0 Å². The third kappa shape index (κ3) is 3.00. The van der Waals surface area contributed by atoms with Gasteiger partial charge in [-0.05, 0) is 25.9 Å². The van der Waals surface area contributed by atoms with Crippen molar-refractivity contribution in [3.8, 4) is 0 Å². The van der Waals surface area contributed by atoms with Crippen molar-refractivity contribution in [3.63, 3.8) is 0 Å². The number of piperidine rings is 1. The quantitative estimate of drug-likeness (QED) is 0.718. The van der Waals surface area contributed by atoms with Gasteiger partial charge in [-0.2, -0.15) is 0 Å². The Morgan fingerprint density at radius 3 is 2.81 bits per heavy atom. The van der Waals surface area contributed by atoms with E-state index in [-0.39, 0.29) is 36.3 Å². The molecule has 2 saturated heterocycles. The molecule has 2 aliphatic heterocycles. The van der Waals surface area contributed by atoms with Gasteiger partial charge in [0, 0.05) is 26.6 Å². The number of nitrogens with one attached hydrogen (secondary N) is 2. The molecule has 1 unspecified atom stereocenters. The molecule has 0 radical (unpaired) electrons. The Balaban J connectivity index is 0.00000112. The summed E-state index contributed by atoms with van der Waals surface area (Å²) in [5.74, 6) is 0.714. The van der Waals surface area contributed by atoms with Crippen LogP contribution in [0.2, 0.25) is 0 Å². The van der Waals surface area contributed by atoms with Crippen LogP contribution in [0.3, 0.4) is 0 Å². The Bertz CT molecular complexity index is 252. The summed E-state index contributed by atoms with van der Waals surface area (Å²) in [7, 11) is 2.13. The lowest BCUT2D eigenvalue weighted by molar-refractivity contribution is -0.121. The Hall–Kier alpha value is -0.0300. The van der Waals surface area contributed by atoms with Crippen LogP contribution in [-0.2, 0) is 4.79 Å². The fourth-order valence-corrected chi connectivity index (χ4v) is 2.92. The van der Waals surface area contributed by atoms with E-state index in [4.69, 9.17) is 0 Å². The van der Waals surface area contributed by atoms with E-state index in [9.17, 15) is 4.79 Å². The second kappa shape index (κ2) is 6.05. The van der Waals surface area contributed by atoms with Crippen molar-refractivity contribution >= 4 is 30.7 Å². The molecule has 2 heterocycles. The molecule has 0 saturated carbocycles. The number of halogens is 2. The Kier molecular flexibility index (Phi) is 6.04. The highest BCUT2D eigenvalue weighted by molar-refractivity contribution is 5.85. The minimum atomic E-state index is -0.00116. The number of rotatable bonds is 1. The summed E-state index contributed by atoms with van der Waals surface area (Å²) in [5, 5.41) is 6.53. The smallest absolute Gasteiger partial charge is 0.217 e. The van der Waals surface area contributed by atoms with Gasteiger partial charge in [-0.3, -0.25) is 4.79 Å². The van der Waals surface area contributed by atoms with Gasteiger partial charge in [0.25, 0.3) is 0 Å². The van der Waals surface area contributed by atoms with Crippen molar-refractivity contribution in [2.24, 2.45) is 5.92 Å². The first-order chi connectivity index (χ1) is 6.62. The lowest BCUT2D eigenvalue weighted by Crippen LogP contribution is -2.62. The molecule has 6 heteroatoms. The highest BCUT2D eigenvalue weighted by atomic mass is 35.5. The zero-order valence-corrected chi connectivity index (χ0v) is 11.4. The lowest BCUT2D eigenvalue weighted by atomic mass is 9.82. The number of nitrogens with zero attached hydrogens (tertiary/aromatic N) is 1. The van der Waals surface area contributed by atoms with Crippen LogP contribution < -0.4 is 10.6 Å². The van der Waals surface area contributed by atoms with Crippen molar-refractivity contribution in [1.29, 1.82) is 0 Å². The van der Waals surface area contributed by atoms with Gasteiger partial charge in [-0.25, -0.2) is 0 Å². The highest BCUT2D eigenvalue weighted by Crippen LogP contribution is 2.31. The first-order valence-corrected chi connectivity index (χ1v) is 5.30. The van der Waals surface area contributed by atoms with Crippen LogP contribution in [0.15, 0.2) is 0 Å². The summed E-state index contributed by atoms with van der Waals surface area (Å²) in [4.78, 5) is 13.5. The molecule has 0 aromatic heterocycles. The fourth-order valence-electron chi connectivity index (χ4n) is 2.92. The Labute approximate surface area is 109 Å². The average molecular weight is 270 g/mol. The van der Waals surface area contributed by atoms with Gasteiger partial charge in [0.2, 0.25) is 5.91 Å². The normalized spacial score (nSPS) is 33.2. The van der Waals surface area contributed by atoms with Crippen LogP contribution in [0.1, 0.15) is 13.3 Å². The van der Waals surface area contributed by atoms with Crippen molar-refractivity contribution in [1.82, 2.24) is 15.5 Å². The van der Waals surface area contributed by atoms with Crippen LogP contribution in [0.25, 0.3) is 0 Å². The molecule has 0 spiro atoms. The van der Waals surface area contributed by atoms with Gasteiger partial charge in [-0.15, -0.1) is 24.8 Å². The zero-order chi connectivity index (χ0) is 10.2. The van der Waals surface area contributed by atoms with Crippen LogP contribution in [-0.4, -0.2) is 49.6 Å². The predicted octanol–water partition coefficient (Wildman–Crippen LogP) is 0.260. The minimum Gasteiger partial charge on any atom is -0.348 e. The molecule has 0 bridgehead atoms. The second-order valence-electron chi connectivity index (χ2n) is 4.70. The van der Waals surface area contributed by atoms with Gasteiger partial charge in [0.05, 0.1) is 5.54 Å². The van der Waals surface area contributed by atoms with E-state index in [2.05, 4.69) is 22.6 Å². The average Bonchev–Trinajstić information content (AvgIpc) is 2.38. The van der Waals surface area contributed by atoms with Gasteiger partial charge in [0.15, 0.2) is 0 Å². The Morgan fingerprint density at radius 2 is 2.19 bits per heavy atom. The molecule has 16 heavy (non-hydrogen) atoms. The van der Waals surface area contributed by atoms with E-state index in [1.165, 1.54) is 6.42 Å². The predicted molar refractivity (Wildman–Crippen MR) is 69.5 cm³/mol. The molecule has 1 amide bonds. The highest BCUT2D eigenvalue weighted by Gasteiger charge is 2.47. The van der Waals surface area contributed by atoms with E-state index >= 15 is 0 Å². The second-order valence-corrected chi connectivity index (χ2v) is 4.70. The van der Waals surface area contributed by atoms with E-state index in [1.54, 1.807) is 6.92 Å². The van der Waals surface area contributed by atoms with Crippen LogP contribution in [0.5, 0.6) is 0 Å². The monoisotopic (exact) mass is 269 g/mol. The van der Waals surface area contributed by atoms with Crippen molar-refractivity contribution in [3.05, 3.63) is 0 Å². The number of carbonyl (C=O) groups excluding carboxylic acids is 1. The molecule has 0 aromatic rings. The number of likely N-dealkylation sites (N-methyl/N-ethyl adjacent to an activating group) is 1. The number of fused-ring (bicyclic) bond motifs is 1. The third-order valence-electron chi connectivity index (χ3n) is 3.40. The topological polar surface area (TPSA) is 44.4 Å². The van der Waals surface area contributed by atoms with Gasteiger partial charge in [0.1, 0.15) is 0 Å². The number of amides is 1. The van der Waals surface area contributed by atoms with E-state index in [0.717, 1.165) is 26.2 Å². The SMILES string of the molecule is CC(=O)NC12CNCC[C@@H]1CN(C)C2.Cl.Cl. The molecule has 2 atom stereocenters. The lowest BCUT2D eigenvalue weighted by Gasteiger charge is -2.39. The molecule has 4 nitrogen and oxygen atoms in total. The molecule has 2 N–H and O–H groups in total. The zero-order valence-electron chi connectivity index (χ0n) is 9.78. The summed E-state index contributed by atoms with van der Waals surface area (Å²) in [6.45, 7) is 5.70. The summed E-state index contributed by atoms with van der Waals surface area (Å²) in [5.41, 5.74) is -0.00116. The summed E-state index contributed by atoms with van der Waals surface area (Å²) in [6.07, 6.45) is 1.17. The third-order valence-corrected chi connectivity index (χ3v) is 3.40. The number of carbonyl (C=O) groups is 1. The van der Waals surface area contributed by atoms with Crippen molar-refractivity contribution in [2.45, 2.75) is 18.9 Å². The largest absolute Gasteiger partial charge is 0.348 e. The van der Waals surface area contributed by atoms with Gasteiger partial charge < -0.3 is 15.5 Å². The van der Waals surface area contributed by atoms with Crippen molar-refractivity contribution < 1.29 is 4.79 Å². The fraction of sp³-hybridized carbons (Fsp3) is 0.900. The van der Waals surface area contributed by atoms with E-state index in [1.807, 2.05) is 0 Å².